The molecule has 14 nitrogen and oxygen atoms in total. The standard InChI is InChI=1S/C27H24F3N3O.C24H17F6N3O2S.C24H20F3N3O2S/c1-26(2,3)25(34)33-21-7-5-4-6-20(21)18-11-14-22-23(16-18)32-24(31-22)15-10-17-8-12-19(13-9-17)27(28,29)30;25-23(26,27)14-36(34,35)33-19-4-2-1-3-18(19)16-8-11-20-21(13-16)32-22(31-20)12-7-15-5-9-17(10-6-15)24(28,29)30;1-2-33(31,32)30-20-6-4-3-5-19(20)17-10-13-21-22(15-17)29-23(28-21)14-9-16-7-11-18(12-8-16)24(25,26)27/h4-16H,1-3H3,(H,31,32)(H,33,34);1-13,33H,14H2,(H,31,32);3-15,30H,2H2,1H3,(H,28,29)/b15-10+;12-7+;14-9+. The van der Waals surface area contributed by atoms with Gasteiger partial charge in [-0.25, -0.2) is 31.8 Å². The first-order chi connectivity index (χ1) is 48.4. The fraction of sp³-hybridized carbons (Fsp3) is 0.147. The Hall–Kier alpha value is -11.3. The Bertz CT molecular complexity index is 5370. The summed E-state index contributed by atoms with van der Waals surface area (Å²) in [7, 11) is -8.10. The molecule has 12 aromatic rings. The van der Waals surface area contributed by atoms with Crippen molar-refractivity contribution >= 4 is 113 Å². The molecule has 0 saturated heterocycles. The lowest BCUT2D eigenvalue weighted by molar-refractivity contribution is -0.138. The number of rotatable bonds is 16. The summed E-state index contributed by atoms with van der Waals surface area (Å²) < 4.78 is 205. The Morgan fingerprint density at radius 1 is 0.398 bits per heavy atom. The van der Waals surface area contributed by atoms with Crippen molar-refractivity contribution in [3.05, 3.63) is 251 Å². The Morgan fingerprint density at radius 2 is 0.699 bits per heavy atom. The summed E-state index contributed by atoms with van der Waals surface area (Å²) in [6, 6.07) is 51.5. The molecule has 28 heteroatoms. The Labute approximate surface area is 582 Å². The number of H-pyrrole nitrogens is 3. The van der Waals surface area contributed by atoms with Gasteiger partial charge in [0, 0.05) is 27.8 Å². The molecule has 0 aliphatic rings. The van der Waals surface area contributed by atoms with E-state index in [4.69, 9.17) is 0 Å². The lowest BCUT2D eigenvalue weighted by atomic mass is 9.95. The number of imidazole rings is 3. The molecule has 6 N–H and O–H groups in total. The van der Waals surface area contributed by atoms with Crippen molar-refractivity contribution < 1.29 is 74.3 Å². The van der Waals surface area contributed by atoms with E-state index in [1.54, 1.807) is 85.8 Å². The Kier molecular flexibility index (Phi) is 21.8. The van der Waals surface area contributed by atoms with Gasteiger partial charge in [0.2, 0.25) is 26.0 Å². The molecule has 0 spiro atoms. The van der Waals surface area contributed by atoms with Crippen molar-refractivity contribution in [1.82, 2.24) is 29.9 Å². The largest absolute Gasteiger partial charge is 0.416 e. The monoisotopic (exact) mass is 1460 g/mol. The first kappa shape index (κ1) is 74.4. The molecule has 3 aromatic heterocycles. The van der Waals surface area contributed by atoms with Crippen LogP contribution in [0.5, 0.6) is 0 Å². The van der Waals surface area contributed by atoms with Crippen LogP contribution in [-0.4, -0.2) is 70.3 Å². The molecule has 0 aliphatic heterocycles. The summed E-state index contributed by atoms with van der Waals surface area (Å²) in [6.45, 7) is 7.16. The second-order valence-corrected chi connectivity index (χ2v) is 28.0. The van der Waals surface area contributed by atoms with Gasteiger partial charge in [-0.3, -0.25) is 14.2 Å². The molecule has 0 atom stereocenters. The number of carbonyl (C=O) groups is 1. The first-order valence-corrected chi connectivity index (χ1v) is 34.5. The van der Waals surface area contributed by atoms with Gasteiger partial charge in [-0.05, 0) is 150 Å². The number of alkyl halides is 12. The van der Waals surface area contributed by atoms with E-state index < -0.39 is 72.6 Å². The highest BCUT2D eigenvalue weighted by Gasteiger charge is 2.36. The van der Waals surface area contributed by atoms with Crippen molar-refractivity contribution in [2.24, 2.45) is 5.41 Å². The number of hydrogen-bond acceptors (Lipinski definition) is 8. The van der Waals surface area contributed by atoms with E-state index in [0.29, 0.717) is 67.5 Å². The van der Waals surface area contributed by atoms with Crippen LogP contribution in [0.15, 0.2) is 200 Å². The van der Waals surface area contributed by atoms with Gasteiger partial charge in [0.25, 0.3) is 0 Å². The van der Waals surface area contributed by atoms with Crippen LogP contribution in [0.3, 0.4) is 0 Å². The van der Waals surface area contributed by atoms with Crippen molar-refractivity contribution in [2.45, 2.75) is 52.4 Å². The Balaban J connectivity index is 0.000000166. The van der Waals surface area contributed by atoms with E-state index in [9.17, 15) is 74.3 Å². The fourth-order valence-corrected chi connectivity index (χ4v) is 11.8. The van der Waals surface area contributed by atoms with Crippen LogP contribution in [0.4, 0.5) is 69.7 Å². The normalized spacial score (nSPS) is 12.6. The summed E-state index contributed by atoms with van der Waals surface area (Å²) in [4.78, 5) is 35.3. The minimum atomic E-state index is -4.89. The van der Waals surface area contributed by atoms with Gasteiger partial charge in [0.15, 0.2) is 5.75 Å². The molecule has 0 aliphatic carbocycles. The number of hydrogen-bond donors (Lipinski definition) is 6. The van der Waals surface area contributed by atoms with Crippen molar-refractivity contribution in [3.63, 3.8) is 0 Å². The predicted octanol–water partition coefficient (Wildman–Crippen LogP) is 20.3. The maximum atomic E-state index is 12.7. The number of sulfonamides is 2. The quantitative estimate of drug-likeness (QED) is 0.0512. The third-order valence-corrected chi connectivity index (χ3v) is 18.0. The molecule has 0 bridgehead atoms. The molecule has 3 heterocycles. The average molecular weight is 1460 g/mol. The van der Waals surface area contributed by atoms with E-state index in [2.05, 4.69) is 39.9 Å². The second kappa shape index (κ2) is 30.1. The summed E-state index contributed by atoms with van der Waals surface area (Å²) in [6.07, 6.45) is -8.07. The van der Waals surface area contributed by atoms with E-state index in [-0.39, 0.29) is 17.3 Å². The number of nitrogens with one attached hydrogen (secondary N) is 6. The molecule has 103 heavy (non-hydrogen) atoms. The van der Waals surface area contributed by atoms with E-state index in [1.807, 2.05) is 98.3 Å². The molecule has 0 radical (unpaired) electrons. The van der Waals surface area contributed by atoms with Crippen molar-refractivity contribution in [2.75, 3.05) is 26.3 Å². The molecular formula is C75H61F12N9O5S2. The molecule has 532 valence electrons. The van der Waals surface area contributed by atoms with Crippen LogP contribution in [0.1, 0.15) is 78.5 Å². The number of amides is 1. The molecule has 0 fully saturated rings. The number of aromatic amines is 3. The van der Waals surface area contributed by atoms with Gasteiger partial charge < -0.3 is 20.3 Å². The highest BCUT2D eigenvalue weighted by molar-refractivity contribution is 7.93. The molecule has 0 saturated carbocycles. The zero-order valence-electron chi connectivity index (χ0n) is 54.7. The average Bonchev–Trinajstić information content (AvgIpc) is 1.77. The van der Waals surface area contributed by atoms with Crippen LogP contribution in [-0.2, 0) is 43.4 Å². The highest BCUT2D eigenvalue weighted by atomic mass is 32.2. The Morgan fingerprint density at radius 3 is 1.00 bits per heavy atom. The minimum absolute atomic E-state index is 0.0111. The smallest absolute Gasteiger partial charge is 0.338 e. The van der Waals surface area contributed by atoms with Gasteiger partial charge in [-0.15, -0.1) is 0 Å². The molecule has 12 rings (SSSR count). The summed E-state index contributed by atoms with van der Waals surface area (Å²) in [5.74, 6) is -0.569. The first-order valence-electron chi connectivity index (χ1n) is 31.2. The second-order valence-electron chi connectivity index (χ2n) is 24.2. The number of anilines is 3. The zero-order valence-corrected chi connectivity index (χ0v) is 56.3. The zero-order chi connectivity index (χ0) is 74.3. The van der Waals surface area contributed by atoms with Gasteiger partial charge in [0.1, 0.15) is 17.5 Å². The van der Waals surface area contributed by atoms with Gasteiger partial charge >= 0.3 is 24.7 Å². The fourth-order valence-electron chi connectivity index (χ4n) is 10.2. The number of aromatic nitrogens is 6. The van der Waals surface area contributed by atoms with Crippen LogP contribution < -0.4 is 14.8 Å². The molecule has 0 unspecified atom stereocenters. The van der Waals surface area contributed by atoms with Gasteiger partial charge in [0.05, 0.1) is 66.9 Å². The van der Waals surface area contributed by atoms with E-state index in [0.717, 1.165) is 80.9 Å². The lowest BCUT2D eigenvalue weighted by Crippen LogP contribution is -2.28. The van der Waals surface area contributed by atoms with Gasteiger partial charge in [-0.2, -0.15) is 52.7 Å². The van der Waals surface area contributed by atoms with Crippen molar-refractivity contribution in [1.29, 1.82) is 0 Å². The molecule has 1 amide bonds. The third kappa shape index (κ3) is 20.1. The van der Waals surface area contributed by atoms with E-state index in [1.165, 1.54) is 48.5 Å². The lowest BCUT2D eigenvalue weighted by Gasteiger charge is -2.19. The minimum Gasteiger partial charge on any atom is -0.338 e. The number of halogens is 12. The number of para-hydroxylation sites is 3. The van der Waals surface area contributed by atoms with Crippen molar-refractivity contribution in [3.8, 4) is 33.4 Å². The SMILES string of the molecule is CC(C)(C)C(=O)Nc1ccccc1-c1ccc2nc(/C=C/c3ccc(C(F)(F)F)cc3)[nH]c2c1.CCS(=O)(=O)Nc1ccccc1-c1ccc2nc(/C=C/c3ccc(C(F)(F)F)cc3)[nH]c2c1.O=S(=O)(CC(F)(F)F)Nc1ccccc1-c1ccc2nc(/C=C/c3ccc(C(F)(F)F)cc3)[nH]c2c1. The summed E-state index contributed by atoms with van der Waals surface area (Å²) in [5.41, 5.74) is 8.69. The van der Waals surface area contributed by atoms with Crippen LogP contribution in [0.2, 0.25) is 0 Å². The maximum absolute atomic E-state index is 12.7. The van der Waals surface area contributed by atoms with Gasteiger partial charge in [-0.1, -0.05) is 148 Å². The van der Waals surface area contributed by atoms with Crippen LogP contribution in [0.25, 0.3) is 103 Å². The predicted molar refractivity (Wildman–Crippen MR) is 380 cm³/mol. The third-order valence-electron chi connectivity index (χ3n) is 15.4. The molecule has 9 aromatic carbocycles. The number of nitrogens with zero attached hydrogens (tertiary/aromatic N) is 3. The number of carbonyl (C=O) groups excluding carboxylic acids is 1. The summed E-state index contributed by atoms with van der Waals surface area (Å²) >= 11 is 0. The van der Waals surface area contributed by atoms with E-state index >= 15 is 0 Å². The highest BCUT2D eigenvalue weighted by Crippen LogP contribution is 2.37. The number of fused-ring (bicyclic) bond motifs is 3. The molecular weight excluding hydrogens is 1400 g/mol. The maximum Gasteiger partial charge on any atom is 0.416 e. The van der Waals surface area contributed by atoms with Crippen LogP contribution in [0, 0.1) is 5.41 Å². The topological polar surface area (TPSA) is 207 Å². The number of benzene rings is 9. The summed E-state index contributed by atoms with van der Waals surface area (Å²) in [5, 5.41) is 3.01. The van der Waals surface area contributed by atoms with Crippen LogP contribution >= 0.6 is 0 Å².